The van der Waals surface area contributed by atoms with Gasteiger partial charge in [0.15, 0.2) is 10.8 Å². The van der Waals surface area contributed by atoms with E-state index >= 15 is 0 Å². The second kappa shape index (κ2) is 6.80. The monoisotopic (exact) mass is 410 g/mol. The number of nitrogens with zero attached hydrogens (tertiary/aromatic N) is 4. The van der Waals surface area contributed by atoms with Gasteiger partial charge >= 0.3 is 0 Å². The van der Waals surface area contributed by atoms with Crippen molar-refractivity contribution in [2.45, 2.75) is 5.16 Å². The lowest BCUT2D eigenvalue weighted by Crippen LogP contribution is -2.14. The number of aromatic nitrogens is 5. The molecule has 3 aromatic heterocycles. The summed E-state index contributed by atoms with van der Waals surface area (Å²) >= 11 is 2.59. The van der Waals surface area contributed by atoms with Gasteiger partial charge in [-0.05, 0) is 30.3 Å². The molecule has 0 aliphatic rings. The number of H-pyrrole nitrogens is 1. The Labute approximate surface area is 165 Å². The molecule has 0 saturated carbocycles. The zero-order valence-electron chi connectivity index (χ0n) is 14.1. The van der Waals surface area contributed by atoms with Crippen LogP contribution in [0.4, 0.5) is 9.52 Å². The Hall–Kier alpha value is -3.11. The number of carbonyl (C=O) groups excluding carboxylic acids is 1. The Balaban J connectivity index is 1.30. The van der Waals surface area contributed by atoms with Gasteiger partial charge in [-0.3, -0.25) is 4.79 Å². The van der Waals surface area contributed by atoms with Crippen molar-refractivity contribution in [2.75, 3.05) is 11.1 Å². The van der Waals surface area contributed by atoms with Gasteiger partial charge in [0, 0.05) is 10.9 Å². The molecule has 3 heterocycles. The van der Waals surface area contributed by atoms with Gasteiger partial charge in [0.25, 0.3) is 0 Å². The molecule has 138 valence electrons. The maximum absolute atomic E-state index is 13.4. The van der Waals surface area contributed by atoms with Gasteiger partial charge in [0.05, 0.1) is 16.0 Å². The first kappa shape index (κ1) is 17.0. The fraction of sp³-hybridized carbons (Fsp3) is 0.0556. The van der Waals surface area contributed by atoms with E-state index in [1.54, 1.807) is 6.07 Å². The first-order chi connectivity index (χ1) is 13.7. The zero-order valence-corrected chi connectivity index (χ0v) is 15.8. The van der Waals surface area contributed by atoms with Crippen molar-refractivity contribution in [1.82, 2.24) is 25.1 Å². The minimum Gasteiger partial charge on any atom is -0.338 e. The first-order valence-corrected chi connectivity index (χ1v) is 10.1. The predicted molar refractivity (Wildman–Crippen MR) is 108 cm³/mol. The molecule has 2 N–H and O–H groups in total. The lowest BCUT2D eigenvalue weighted by atomic mass is 10.2. The highest BCUT2D eigenvalue weighted by molar-refractivity contribution is 7.99. The molecule has 0 atom stereocenters. The Morgan fingerprint density at radius 3 is 2.96 bits per heavy atom. The molecule has 28 heavy (non-hydrogen) atoms. The van der Waals surface area contributed by atoms with Gasteiger partial charge in [-0.2, -0.15) is 0 Å². The summed E-state index contributed by atoms with van der Waals surface area (Å²) in [6.07, 6.45) is 0. The molecule has 10 heteroatoms. The number of thiazole rings is 1. The molecule has 0 saturated heterocycles. The van der Waals surface area contributed by atoms with Crippen LogP contribution in [-0.4, -0.2) is 36.8 Å². The van der Waals surface area contributed by atoms with Gasteiger partial charge in [0.2, 0.25) is 11.1 Å². The number of anilines is 1. The molecule has 0 aliphatic carbocycles. The summed E-state index contributed by atoms with van der Waals surface area (Å²) in [7, 11) is 0. The normalized spacial score (nSPS) is 11.5. The number of carbonyl (C=O) groups is 1. The van der Waals surface area contributed by atoms with Crippen molar-refractivity contribution in [3.05, 3.63) is 48.3 Å². The number of nitrogens with one attached hydrogen (secondary N) is 2. The molecule has 0 fully saturated rings. The summed E-state index contributed by atoms with van der Waals surface area (Å²) in [5.41, 5.74) is 2.58. The number of rotatable bonds is 4. The molecular weight excluding hydrogens is 399 g/mol. The smallest absolute Gasteiger partial charge is 0.236 e. The summed E-state index contributed by atoms with van der Waals surface area (Å²) in [6.45, 7) is 0. The van der Waals surface area contributed by atoms with Crippen molar-refractivity contribution in [1.29, 1.82) is 0 Å². The van der Waals surface area contributed by atoms with Gasteiger partial charge in [0.1, 0.15) is 11.3 Å². The van der Waals surface area contributed by atoms with Crippen LogP contribution in [0.15, 0.2) is 47.6 Å². The number of hydrogen-bond donors (Lipinski definition) is 2. The van der Waals surface area contributed by atoms with E-state index in [1.807, 2.05) is 24.3 Å². The molecule has 0 radical (unpaired) electrons. The lowest BCUT2D eigenvalue weighted by molar-refractivity contribution is -0.113. The first-order valence-electron chi connectivity index (χ1n) is 8.25. The summed E-state index contributed by atoms with van der Waals surface area (Å²) in [5, 5.41) is 12.5. The van der Waals surface area contributed by atoms with Gasteiger partial charge < -0.3 is 10.3 Å². The second-order valence-corrected chi connectivity index (χ2v) is 7.90. The third kappa shape index (κ3) is 3.16. The van der Waals surface area contributed by atoms with Crippen LogP contribution in [0.2, 0.25) is 0 Å². The second-order valence-electron chi connectivity index (χ2n) is 5.93. The standard InChI is InChI=1S/C18H11FN6OS2/c19-9-5-6-11-10(7-9)15-16(20-11)23-18(25-24-15)27-8-14(26)22-17-21-12-3-1-2-4-13(12)28-17/h1-7H,8H2,(H,20,23,25)(H,21,22,26). The van der Waals surface area contributed by atoms with Crippen molar-refractivity contribution >= 4 is 66.4 Å². The van der Waals surface area contributed by atoms with E-state index in [0.29, 0.717) is 26.8 Å². The van der Waals surface area contributed by atoms with E-state index in [9.17, 15) is 9.18 Å². The Morgan fingerprint density at radius 2 is 2.07 bits per heavy atom. The lowest BCUT2D eigenvalue weighted by Gasteiger charge is -2.00. The fourth-order valence-corrected chi connectivity index (χ4v) is 4.27. The number of hydrogen-bond acceptors (Lipinski definition) is 7. The Bertz CT molecular complexity index is 1320. The fourth-order valence-electron chi connectivity index (χ4n) is 2.80. The van der Waals surface area contributed by atoms with Crippen LogP contribution >= 0.6 is 23.1 Å². The summed E-state index contributed by atoms with van der Waals surface area (Å²) in [5.74, 6) is -0.426. The van der Waals surface area contributed by atoms with E-state index in [4.69, 9.17) is 0 Å². The maximum atomic E-state index is 13.4. The minimum atomic E-state index is -0.347. The van der Waals surface area contributed by atoms with Crippen LogP contribution < -0.4 is 5.32 Å². The molecule has 0 spiro atoms. The Morgan fingerprint density at radius 1 is 1.18 bits per heavy atom. The topological polar surface area (TPSA) is 96.5 Å². The van der Waals surface area contributed by atoms with Crippen LogP contribution in [0.1, 0.15) is 0 Å². The highest BCUT2D eigenvalue weighted by atomic mass is 32.2. The van der Waals surface area contributed by atoms with E-state index in [1.165, 1.54) is 35.2 Å². The molecule has 0 aliphatic heterocycles. The van der Waals surface area contributed by atoms with Crippen molar-refractivity contribution < 1.29 is 9.18 Å². The minimum absolute atomic E-state index is 0.123. The predicted octanol–water partition coefficient (Wildman–Crippen LogP) is 3.99. The number of thioether (sulfide) groups is 1. The third-order valence-corrected chi connectivity index (χ3v) is 5.82. The molecule has 7 nitrogen and oxygen atoms in total. The van der Waals surface area contributed by atoms with Crippen LogP contribution in [0, 0.1) is 5.82 Å². The van der Waals surface area contributed by atoms with E-state index in [0.717, 1.165) is 15.7 Å². The maximum Gasteiger partial charge on any atom is 0.236 e. The van der Waals surface area contributed by atoms with Crippen LogP contribution in [0.25, 0.3) is 32.3 Å². The van der Waals surface area contributed by atoms with E-state index < -0.39 is 0 Å². The molecule has 0 unspecified atom stereocenters. The zero-order chi connectivity index (χ0) is 19.1. The van der Waals surface area contributed by atoms with E-state index in [2.05, 4.69) is 30.5 Å². The quantitative estimate of drug-likeness (QED) is 0.435. The number of amides is 1. The number of halogens is 1. The molecule has 0 bridgehead atoms. The SMILES string of the molecule is O=C(CSc1nnc2c(n1)[nH]c1ccc(F)cc12)Nc1nc2ccccc2s1. The summed E-state index contributed by atoms with van der Waals surface area (Å²) in [6, 6.07) is 12.1. The number of benzene rings is 2. The third-order valence-electron chi connectivity index (χ3n) is 4.03. The molecule has 2 aromatic carbocycles. The summed E-state index contributed by atoms with van der Waals surface area (Å²) in [4.78, 5) is 24.1. The average molecular weight is 410 g/mol. The highest BCUT2D eigenvalue weighted by Crippen LogP contribution is 2.26. The number of para-hydroxylation sites is 1. The Kier molecular flexibility index (Phi) is 4.14. The van der Waals surface area contributed by atoms with Crippen molar-refractivity contribution in [3.8, 4) is 0 Å². The van der Waals surface area contributed by atoms with Crippen LogP contribution in [0.5, 0.6) is 0 Å². The van der Waals surface area contributed by atoms with Gasteiger partial charge in [-0.15, -0.1) is 10.2 Å². The largest absolute Gasteiger partial charge is 0.338 e. The average Bonchev–Trinajstić information content (AvgIpc) is 3.26. The van der Waals surface area contributed by atoms with Crippen molar-refractivity contribution in [2.24, 2.45) is 0 Å². The molecule has 5 rings (SSSR count). The molecule has 1 amide bonds. The summed E-state index contributed by atoms with van der Waals surface area (Å²) < 4.78 is 14.5. The highest BCUT2D eigenvalue weighted by Gasteiger charge is 2.13. The van der Waals surface area contributed by atoms with Gasteiger partial charge in [-0.25, -0.2) is 14.4 Å². The molecular formula is C18H11FN6OS2. The van der Waals surface area contributed by atoms with Crippen LogP contribution in [-0.2, 0) is 4.79 Å². The van der Waals surface area contributed by atoms with Crippen LogP contribution in [0.3, 0.4) is 0 Å². The molecule has 5 aromatic rings. The van der Waals surface area contributed by atoms with Gasteiger partial charge in [-0.1, -0.05) is 35.2 Å². The number of aromatic amines is 1. The number of fused-ring (bicyclic) bond motifs is 4. The van der Waals surface area contributed by atoms with E-state index in [-0.39, 0.29) is 17.5 Å². The van der Waals surface area contributed by atoms with Crippen molar-refractivity contribution in [3.63, 3.8) is 0 Å².